The van der Waals surface area contributed by atoms with E-state index < -0.39 is 0 Å². The van der Waals surface area contributed by atoms with E-state index in [1.807, 2.05) is 13.0 Å². The number of likely N-dealkylation sites (N-methyl/N-ethyl adjacent to an activating group) is 1. The van der Waals surface area contributed by atoms with Gasteiger partial charge in [-0.25, -0.2) is 9.97 Å². The standard InChI is InChI=1S/C14H16N4/c1-10-7-14(16-9-15-10)17-12-4-3-11-5-6-18(2)13(11)8-12/h3-4,7-9H,5-6H2,1-2H3,(H,15,16,17). The Balaban J connectivity index is 1.88. The van der Waals surface area contributed by atoms with Crippen LogP contribution in [0.3, 0.4) is 0 Å². The van der Waals surface area contributed by atoms with Crippen LogP contribution in [0, 0.1) is 6.92 Å². The molecule has 0 spiro atoms. The Morgan fingerprint density at radius 3 is 2.94 bits per heavy atom. The summed E-state index contributed by atoms with van der Waals surface area (Å²) in [6.45, 7) is 3.06. The molecule has 0 bridgehead atoms. The van der Waals surface area contributed by atoms with Crippen LogP contribution >= 0.6 is 0 Å². The van der Waals surface area contributed by atoms with Crippen molar-refractivity contribution in [1.29, 1.82) is 0 Å². The van der Waals surface area contributed by atoms with Crippen molar-refractivity contribution in [2.45, 2.75) is 13.3 Å². The molecule has 18 heavy (non-hydrogen) atoms. The van der Waals surface area contributed by atoms with Crippen LogP contribution in [0.25, 0.3) is 0 Å². The molecule has 1 N–H and O–H groups in total. The van der Waals surface area contributed by atoms with Crippen molar-refractivity contribution in [3.05, 3.63) is 41.9 Å². The van der Waals surface area contributed by atoms with Gasteiger partial charge in [-0.15, -0.1) is 0 Å². The first kappa shape index (κ1) is 11.0. The molecule has 0 saturated carbocycles. The third kappa shape index (κ3) is 2.01. The molecular formula is C14H16N4. The predicted octanol–water partition coefficient (Wildman–Crippen LogP) is 2.52. The Morgan fingerprint density at radius 1 is 1.22 bits per heavy atom. The largest absolute Gasteiger partial charge is 0.374 e. The lowest BCUT2D eigenvalue weighted by Gasteiger charge is -2.13. The molecule has 4 nitrogen and oxygen atoms in total. The van der Waals surface area contributed by atoms with Crippen molar-refractivity contribution >= 4 is 17.2 Å². The smallest absolute Gasteiger partial charge is 0.133 e. The van der Waals surface area contributed by atoms with Gasteiger partial charge >= 0.3 is 0 Å². The summed E-state index contributed by atoms with van der Waals surface area (Å²) in [5.74, 6) is 0.836. The molecule has 1 aromatic carbocycles. The first-order chi connectivity index (χ1) is 8.72. The number of fused-ring (bicyclic) bond motifs is 1. The van der Waals surface area contributed by atoms with Crippen LogP contribution in [-0.2, 0) is 6.42 Å². The molecule has 0 atom stereocenters. The third-order valence-corrected chi connectivity index (χ3v) is 3.29. The van der Waals surface area contributed by atoms with Gasteiger partial charge in [-0.3, -0.25) is 0 Å². The second-order valence-electron chi connectivity index (χ2n) is 4.68. The number of hydrogen-bond donors (Lipinski definition) is 1. The molecule has 2 aromatic rings. The lowest BCUT2D eigenvalue weighted by atomic mass is 10.1. The Bertz CT molecular complexity index is 580. The fourth-order valence-electron chi connectivity index (χ4n) is 2.29. The molecule has 2 heterocycles. The number of anilines is 3. The van der Waals surface area contributed by atoms with Crippen LogP contribution < -0.4 is 10.2 Å². The van der Waals surface area contributed by atoms with E-state index in [0.717, 1.165) is 30.2 Å². The number of benzene rings is 1. The van der Waals surface area contributed by atoms with Gasteiger partial charge in [0, 0.05) is 36.7 Å². The lowest BCUT2D eigenvalue weighted by molar-refractivity contribution is 0.956. The van der Waals surface area contributed by atoms with Crippen molar-refractivity contribution in [2.75, 3.05) is 23.8 Å². The molecule has 1 aliphatic rings. The summed E-state index contributed by atoms with van der Waals surface area (Å²) in [5.41, 5.74) is 4.76. The Morgan fingerprint density at radius 2 is 2.11 bits per heavy atom. The van der Waals surface area contributed by atoms with E-state index >= 15 is 0 Å². The predicted molar refractivity (Wildman–Crippen MR) is 73.5 cm³/mol. The van der Waals surface area contributed by atoms with Crippen LogP contribution in [0.4, 0.5) is 17.2 Å². The molecule has 0 fully saturated rings. The molecule has 0 aliphatic carbocycles. The highest BCUT2D eigenvalue weighted by atomic mass is 15.1. The Hall–Kier alpha value is -2.10. The zero-order valence-electron chi connectivity index (χ0n) is 10.6. The number of aryl methyl sites for hydroxylation is 1. The minimum Gasteiger partial charge on any atom is -0.374 e. The Kier molecular flexibility index (Phi) is 2.63. The van der Waals surface area contributed by atoms with Gasteiger partial charge in [0.05, 0.1) is 0 Å². The van der Waals surface area contributed by atoms with E-state index in [1.54, 1.807) is 6.33 Å². The zero-order chi connectivity index (χ0) is 12.5. The van der Waals surface area contributed by atoms with Gasteiger partial charge in [0.2, 0.25) is 0 Å². The quantitative estimate of drug-likeness (QED) is 0.875. The second kappa shape index (κ2) is 4.29. The molecule has 1 aromatic heterocycles. The van der Waals surface area contributed by atoms with Gasteiger partial charge in [-0.2, -0.15) is 0 Å². The van der Waals surface area contributed by atoms with Crippen LogP contribution in [0.5, 0.6) is 0 Å². The summed E-state index contributed by atoms with van der Waals surface area (Å²) in [6.07, 6.45) is 2.72. The number of aromatic nitrogens is 2. The Labute approximate surface area is 107 Å². The maximum atomic E-state index is 4.21. The molecule has 1 aliphatic heterocycles. The zero-order valence-corrected chi connectivity index (χ0v) is 10.6. The molecule has 0 amide bonds. The maximum absolute atomic E-state index is 4.21. The molecule has 4 heteroatoms. The van der Waals surface area contributed by atoms with E-state index in [-0.39, 0.29) is 0 Å². The van der Waals surface area contributed by atoms with Crippen LogP contribution in [0.2, 0.25) is 0 Å². The van der Waals surface area contributed by atoms with Gasteiger partial charge in [0.15, 0.2) is 0 Å². The van der Waals surface area contributed by atoms with Crippen molar-refractivity contribution in [3.63, 3.8) is 0 Å². The topological polar surface area (TPSA) is 41.0 Å². The summed E-state index contributed by atoms with van der Waals surface area (Å²) in [7, 11) is 2.13. The molecule has 0 radical (unpaired) electrons. The van der Waals surface area contributed by atoms with Gasteiger partial charge in [-0.1, -0.05) is 6.07 Å². The lowest BCUT2D eigenvalue weighted by Crippen LogP contribution is -2.12. The van der Waals surface area contributed by atoms with Crippen molar-refractivity contribution in [1.82, 2.24) is 9.97 Å². The number of hydrogen-bond acceptors (Lipinski definition) is 4. The van der Waals surface area contributed by atoms with Crippen molar-refractivity contribution in [3.8, 4) is 0 Å². The van der Waals surface area contributed by atoms with Gasteiger partial charge in [0.25, 0.3) is 0 Å². The summed E-state index contributed by atoms with van der Waals surface area (Å²) < 4.78 is 0. The van der Waals surface area contributed by atoms with E-state index in [4.69, 9.17) is 0 Å². The van der Waals surface area contributed by atoms with Crippen molar-refractivity contribution < 1.29 is 0 Å². The van der Waals surface area contributed by atoms with Crippen LogP contribution in [-0.4, -0.2) is 23.6 Å². The summed E-state index contributed by atoms with van der Waals surface area (Å²) in [6, 6.07) is 8.42. The van der Waals surface area contributed by atoms with Gasteiger partial charge in [-0.05, 0) is 31.0 Å². The fourth-order valence-corrected chi connectivity index (χ4v) is 2.29. The number of rotatable bonds is 2. The van der Waals surface area contributed by atoms with Crippen LogP contribution in [0.15, 0.2) is 30.6 Å². The average molecular weight is 240 g/mol. The minimum absolute atomic E-state index is 0.836. The van der Waals surface area contributed by atoms with E-state index in [0.29, 0.717) is 0 Å². The second-order valence-corrected chi connectivity index (χ2v) is 4.68. The highest BCUT2D eigenvalue weighted by molar-refractivity contribution is 5.68. The first-order valence-electron chi connectivity index (χ1n) is 6.12. The average Bonchev–Trinajstić information content (AvgIpc) is 2.71. The van der Waals surface area contributed by atoms with Crippen molar-refractivity contribution in [2.24, 2.45) is 0 Å². The molecular weight excluding hydrogens is 224 g/mol. The third-order valence-electron chi connectivity index (χ3n) is 3.29. The highest BCUT2D eigenvalue weighted by Crippen LogP contribution is 2.30. The van der Waals surface area contributed by atoms with E-state index in [9.17, 15) is 0 Å². The fraction of sp³-hybridized carbons (Fsp3) is 0.286. The monoisotopic (exact) mass is 240 g/mol. The van der Waals surface area contributed by atoms with Gasteiger partial charge in [0.1, 0.15) is 12.1 Å². The molecule has 0 unspecified atom stereocenters. The summed E-state index contributed by atoms with van der Waals surface area (Å²) in [5, 5.41) is 3.32. The SMILES string of the molecule is Cc1cc(Nc2ccc3c(c2)N(C)CC3)ncn1. The molecule has 3 rings (SSSR count). The van der Waals surface area contributed by atoms with Crippen LogP contribution in [0.1, 0.15) is 11.3 Å². The number of nitrogens with one attached hydrogen (secondary N) is 1. The summed E-state index contributed by atoms with van der Waals surface area (Å²) >= 11 is 0. The van der Waals surface area contributed by atoms with E-state index in [1.165, 1.54) is 11.3 Å². The van der Waals surface area contributed by atoms with Gasteiger partial charge < -0.3 is 10.2 Å². The highest BCUT2D eigenvalue weighted by Gasteiger charge is 2.15. The summed E-state index contributed by atoms with van der Waals surface area (Å²) in [4.78, 5) is 10.6. The maximum Gasteiger partial charge on any atom is 0.133 e. The minimum atomic E-state index is 0.836. The number of nitrogens with zero attached hydrogens (tertiary/aromatic N) is 3. The molecule has 0 saturated heterocycles. The first-order valence-corrected chi connectivity index (χ1v) is 6.12. The van der Waals surface area contributed by atoms with E-state index in [2.05, 4.69) is 45.4 Å². The molecule has 92 valence electrons. The normalized spacial score (nSPS) is 13.6.